The predicted molar refractivity (Wildman–Crippen MR) is 73.8 cm³/mol. The number of hydrogen-bond acceptors (Lipinski definition) is 7. The molecule has 0 aliphatic rings. The monoisotopic (exact) mass is 302 g/mol. The van der Waals surface area contributed by atoms with Crippen LogP contribution in [0.25, 0.3) is 0 Å². The second kappa shape index (κ2) is 5.52. The first-order valence-corrected chi connectivity index (χ1v) is 6.12. The summed E-state index contributed by atoms with van der Waals surface area (Å²) in [5.41, 5.74) is -1.67. The Labute approximate surface area is 122 Å². The number of nitrogens with zero attached hydrogens (tertiary/aromatic N) is 5. The van der Waals surface area contributed by atoms with Crippen LogP contribution in [0.5, 0.6) is 5.88 Å². The Kier molecular flexibility index (Phi) is 3.40. The lowest BCUT2D eigenvalue weighted by Crippen LogP contribution is -2.32. The highest BCUT2D eigenvalue weighted by atomic mass is 16.3. The van der Waals surface area contributed by atoms with E-state index in [9.17, 15) is 14.7 Å². The number of aromatic hydroxyl groups is 1. The summed E-state index contributed by atoms with van der Waals surface area (Å²) < 4.78 is 7.32. The van der Waals surface area contributed by atoms with Crippen molar-refractivity contribution in [3.8, 4) is 5.88 Å². The number of H-pyrrole nitrogens is 1. The van der Waals surface area contributed by atoms with E-state index in [-0.39, 0.29) is 12.1 Å². The maximum absolute atomic E-state index is 11.8. The molecule has 0 amide bonds. The zero-order valence-electron chi connectivity index (χ0n) is 11.1. The van der Waals surface area contributed by atoms with E-state index in [4.69, 9.17) is 4.42 Å². The normalized spacial score (nSPS) is 11.3. The molecule has 3 rings (SSSR count). The van der Waals surface area contributed by atoms with Gasteiger partial charge in [0.25, 0.3) is 5.56 Å². The zero-order chi connectivity index (χ0) is 15.5. The summed E-state index contributed by atoms with van der Waals surface area (Å²) in [4.78, 5) is 25.7. The SMILES string of the molecule is O=c1[nH]c(=O)n(Cc2ccco2)c(O)c1/C=N/n1cnnc1. The van der Waals surface area contributed by atoms with Crippen molar-refractivity contribution in [2.24, 2.45) is 5.10 Å². The Morgan fingerprint density at radius 3 is 2.82 bits per heavy atom. The van der Waals surface area contributed by atoms with Crippen molar-refractivity contribution in [1.29, 1.82) is 0 Å². The minimum atomic E-state index is -0.755. The lowest BCUT2D eigenvalue weighted by Gasteiger charge is -2.07. The van der Waals surface area contributed by atoms with Gasteiger partial charge in [-0.25, -0.2) is 9.47 Å². The zero-order valence-corrected chi connectivity index (χ0v) is 11.1. The Hall–Kier alpha value is -3.43. The molecule has 0 spiro atoms. The van der Waals surface area contributed by atoms with Gasteiger partial charge in [0.15, 0.2) is 0 Å². The average Bonchev–Trinajstić information content (AvgIpc) is 3.16. The number of nitrogens with one attached hydrogen (secondary N) is 1. The molecule has 10 heteroatoms. The molecule has 0 bridgehead atoms. The van der Waals surface area contributed by atoms with E-state index in [1.165, 1.54) is 23.6 Å². The first-order chi connectivity index (χ1) is 10.6. The summed E-state index contributed by atoms with van der Waals surface area (Å²) in [6.07, 6.45) is 5.16. The minimum absolute atomic E-state index is 0.0259. The molecule has 0 aromatic carbocycles. The molecule has 0 atom stereocenters. The fourth-order valence-electron chi connectivity index (χ4n) is 1.78. The molecule has 10 nitrogen and oxygen atoms in total. The fraction of sp³-hybridized carbons (Fsp3) is 0.0833. The van der Waals surface area contributed by atoms with Crippen LogP contribution in [0.2, 0.25) is 0 Å². The number of aromatic nitrogens is 5. The van der Waals surface area contributed by atoms with Crippen LogP contribution in [0.15, 0.2) is 50.2 Å². The molecule has 0 fully saturated rings. The van der Waals surface area contributed by atoms with E-state index in [1.807, 2.05) is 0 Å². The molecule has 0 aliphatic heterocycles. The molecule has 3 heterocycles. The largest absolute Gasteiger partial charge is 0.494 e. The van der Waals surface area contributed by atoms with Crippen LogP contribution in [-0.4, -0.2) is 35.7 Å². The van der Waals surface area contributed by atoms with E-state index < -0.39 is 17.1 Å². The van der Waals surface area contributed by atoms with Crippen LogP contribution in [0, 0.1) is 0 Å². The highest BCUT2D eigenvalue weighted by Gasteiger charge is 2.13. The average molecular weight is 302 g/mol. The van der Waals surface area contributed by atoms with Crippen molar-refractivity contribution in [3.05, 3.63) is 63.2 Å². The van der Waals surface area contributed by atoms with Crippen molar-refractivity contribution in [2.45, 2.75) is 6.54 Å². The predicted octanol–water partition coefficient (Wildman–Crippen LogP) is -0.643. The molecule has 22 heavy (non-hydrogen) atoms. The third-order valence-electron chi connectivity index (χ3n) is 2.83. The molecule has 3 aromatic heterocycles. The molecule has 2 N–H and O–H groups in total. The molecule has 112 valence electrons. The van der Waals surface area contributed by atoms with Crippen molar-refractivity contribution in [3.63, 3.8) is 0 Å². The third-order valence-corrected chi connectivity index (χ3v) is 2.83. The molecular formula is C12H10N6O4. The van der Waals surface area contributed by atoms with Crippen molar-refractivity contribution < 1.29 is 9.52 Å². The number of aromatic amines is 1. The Bertz CT molecular complexity index is 904. The summed E-state index contributed by atoms with van der Waals surface area (Å²) in [5, 5.41) is 21.1. The molecule has 0 saturated heterocycles. The number of furan rings is 1. The quantitative estimate of drug-likeness (QED) is 0.616. The van der Waals surface area contributed by atoms with Gasteiger partial charge in [-0.3, -0.25) is 14.3 Å². The number of hydrogen-bond donors (Lipinski definition) is 2. The van der Waals surface area contributed by atoms with Gasteiger partial charge in [0.2, 0.25) is 5.88 Å². The van der Waals surface area contributed by atoms with E-state index in [0.717, 1.165) is 10.8 Å². The first kappa shape index (κ1) is 13.5. The van der Waals surface area contributed by atoms with Gasteiger partial charge in [-0.1, -0.05) is 0 Å². The van der Waals surface area contributed by atoms with Crippen LogP contribution in [0.1, 0.15) is 11.3 Å². The van der Waals surface area contributed by atoms with Gasteiger partial charge in [-0.05, 0) is 12.1 Å². The van der Waals surface area contributed by atoms with E-state index in [2.05, 4.69) is 20.3 Å². The smallest absolute Gasteiger partial charge is 0.331 e. The van der Waals surface area contributed by atoms with Crippen molar-refractivity contribution in [1.82, 2.24) is 24.4 Å². The van der Waals surface area contributed by atoms with Crippen LogP contribution < -0.4 is 11.2 Å². The van der Waals surface area contributed by atoms with Crippen molar-refractivity contribution >= 4 is 6.21 Å². The van der Waals surface area contributed by atoms with Crippen molar-refractivity contribution in [2.75, 3.05) is 0 Å². The van der Waals surface area contributed by atoms with Gasteiger partial charge in [0.05, 0.1) is 19.0 Å². The summed E-state index contributed by atoms with van der Waals surface area (Å²) in [6.45, 7) is -0.0259. The second-order valence-corrected chi connectivity index (χ2v) is 4.25. The van der Waals surface area contributed by atoms with Crippen LogP contribution in [0.3, 0.4) is 0 Å². The molecule has 0 saturated carbocycles. The highest BCUT2D eigenvalue weighted by Crippen LogP contribution is 2.11. The van der Waals surface area contributed by atoms with E-state index in [1.54, 1.807) is 12.1 Å². The topological polar surface area (TPSA) is 131 Å². The number of rotatable bonds is 4. The van der Waals surface area contributed by atoms with E-state index in [0.29, 0.717) is 5.76 Å². The highest BCUT2D eigenvalue weighted by molar-refractivity contribution is 5.81. The molecule has 0 unspecified atom stereocenters. The molecule has 0 radical (unpaired) electrons. The summed E-state index contributed by atoms with van der Waals surface area (Å²) in [6, 6.07) is 3.29. The second-order valence-electron chi connectivity index (χ2n) is 4.25. The van der Waals surface area contributed by atoms with Gasteiger partial charge in [0, 0.05) is 0 Å². The molecule has 0 aliphatic carbocycles. The van der Waals surface area contributed by atoms with Gasteiger partial charge >= 0.3 is 5.69 Å². The molecular weight excluding hydrogens is 292 g/mol. The van der Waals surface area contributed by atoms with Gasteiger partial charge in [0.1, 0.15) is 24.0 Å². The summed E-state index contributed by atoms with van der Waals surface area (Å²) in [5.74, 6) is -0.0619. The van der Waals surface area contributed by atoms with Gasteiger partial charge in [-0.2, -0.15) is 5.10 Å². The van der Waals surface area contributed by atoms with Crippen LogP contribution in [-0.2, 0) is 6.54 Å². The Morgan fingerprint density at radius 1 is 1.36 bits per heavy atom. The first-order valence-electron chi connectivity index (χ1n) is 6.12. The summed E-state index contributed by atoms with van der Waals surface area (Å²) in [7, 11) is 0. The standard InChI is InChI=1S/C12H10N6O4/c19-10-9(4-15-17-6-13-14-7-17)11(20)18(12(21)16-10)5-8-2-1-3-22-8/h1-4,6-7,20H,5H2,(H,16,19,21)/b15-4+. The Morgan fingerprint density at radius 2 is 2.14 bits per heavy atom. The lowest BCUT2D eigenvalue weighted by atomic mass is 10.3. The fourth-order valence-corrected chi connectivity index (χ4v) is 1.78. The third kappa shape index (κ3) is 2.57. The molecule has 3 aromatic rings. The Balaban J connectivity index is 2.03. The summed E-state index contributed by atoms with van der Waals surface area (Å²) >= 11 is 0. The minimum Gasteiger partial charge on any atom is -0.494 e. The van der Waals surface area contributed by atoms with Gasteiger partial charge < -0.3 is 9.52 Å². The van der Waals surface area contributed by atoms with E-state index >= 15 is 0 Å². The maximum Gasteiger partial charge on any atom is 0.331 e. The maximum atomic E-state index is 11.8. The van der Waals surface area contributed by atoms with Crippen LogP contribution in [0.4, 0.5) is 0 Å². The van der Waals surface area contributed by atoms with Crippen LogP contribution >= 0.6 is 0 Å². The lowest BCUT2D eigenvalue weighted by molar-refractivity contribution is 0.392. The van der Waals surface area contributed by atoms with Gasteiger partial charge in [-0.15, -0.1) is 10.2 Å².